The van der Waals surface area contributed by atoms with Gasteiger partial charge in [-0.1, -0.05) is 37.5 Å². The Hall–Kier alpha value is -1.38. The molecule has 0 spiro atoms. The van der Waals surface area contributed by atoms with E-state index in [9.17, 15) is 9.59 Å². The summed E-state index contributed by atoms with van der Waals surface area (Å²) in [5.74, 6) is 4.15. The van der Waals surface area contributed by atoms with E-state index in [4.69, 9.17) is 0 Å². The van der Waals surface area contributed by atoms with E-state index in [1.807, 2.05) is 22.7 Å². The third kappa shape index (κ3) is 6.58. The lowest BCUT2D eigenvalue weighted by Crippen LogP contribution is -2.57. The van der Waals surface area contributed by atoms with E-state index in [1.54, 1.807) is 11.8 Å². The van der Waals surface area contributed by atoms with Crippen molar-refractivity contribution in [3.05, 3.63) is 30.3 Å². The van der Waals surface area contributed by atoms with Gasteiger partial charge in [0.2, 0.25) is 11.8 Å². The predicted octanol–water partition coefficient (Wildman–Crippen LogP) is 2.80. The Bertz CT molecular complexity index is 731. The minimum atomic E-state index is -0.438. The molecule has 2 saturated heterocycles. The van der Waals surface area contributed by atoms with Gasteiger partial charge < -0.3 is 15.1 Å². The lowest BCUT2D eigenvalue weighted by atomic mass is 9.91. The fraction of sp³-hybridized carbons (Fsp3) is 0.667. The van der Waals surface area contributed by atoms with E-state index in [0.29, 0.717) is 18.8 Å². The summed E-state index contributed by atoms with van der Waals surface area (Å²) >= 11 is 3.57. The van der Waals surface area contributed by atoms with Gasteiger partial charge in [-0.25, -0.2) is 0 Å². The SMILES string of the molecule is O=C(NC(CSCC1CCCCC1)C(=O)N1CCN(c2ccccc2)CC1)C1CSCN1. The van der Waals surface area contributed by atoms with Gasteiger partial charge in [-0.2, -0.15) is 11.8 Å². The van der Waals surface area contributed by atoms with Crippen LogP contribution in [0.5, 0.6) is 0 Å². The molecule has 8 heteroatoms. The zero-order valence-corrected chi connectivity index (χ0v) is 20.5. The van der Waals surface area contributed by atoms with Crippen molar-refractivity contribution in [3.63, 3.8) is 0 Å². The largest absolute Gasteiger partial charge is 0.368 e. The van der Waals surface area contributed by atoms with Crippen LogP contribution in [-0.4, -0.2) is 78.1 Å². The number of rotatable bonds is 8. The molecule has 1 aliphatic carbocycles. The third-order valence-corrected chi connectivity index (χ3v) is 8.94. The summed E-state index contributed by atoms with van der Waals surface area (Å²) in [5, 5.41) is 6.32. The van der Waals surface area contributed by atoms with Crippen LogP contribution < -0.4 is 15.5 Å². The molecule has 2 N–H and O–H groups in total. The van der Waals surface area contributed by atoms with Gasteiger partial charge in [0.1, 0.15) is 6.04 Å². The van der Waals surface area contributed by atoms with Crippen molar-refractivity contribution in [1.29, 1.82) is 0 Å². The normalized spacial score (nSPS) is 23.2. The molecule has 2 unspecified atom stereocenters. The van der Waals surface area contributed by atoms with Crippen LogP contribution in [0.4, 0.5) is 5.69 Å². The number of amides is 2. The smallest absolute Gasteiger partial charge is 0.246 e. The third-order valence-electron chi connectivity index (χ3n) is 6.72. The maximum Gasteiger partial charge on any atom is 0.246 e. The highest BCUT2D eigenvalue weighted by Crippen LogP contribution is 2.27. The van der Waals surface area contributed by atoms with Crippen molar-refractivity contribution >= 4 is 41.0 Å². The predicted molar refractivity (Wildman–Crippen MR) is 135 cm³/mol. The zero-order valence-electron chi connectivity index (χ0n) is 18.8. The number of anilines is 1. The molecule has 0 aromatic heterocycles. The van der Waals surface area contributed by atoms with E-state index in [1.165, 1.54) is 37.8 Å². The van der Waals surface area contributed by atoms with Crippen molar-refractivity contribution in [3.8, 4) is 0 Å². The summed E-state index contributed by atoms with van der Waals surface area (Å²) in [6.07, 6.45) is 6.65. The number of benzene rings is 1. The van der Waals surface area contributed by atoms with Crippen LogP contribution in [-0.2, 0) is 9.59 Å². The van der Waals surface area contributed by atoms with Crippen LogP contribution in [0, 0.1) is 5.92 Å². The molecule has 32 heavy (non-hydrogen) atoms. The van der Waals surface area contributed by atoms with E-state index >= 15 is 0 Å². The number of carbonyl (C=O) groups excluding carboxylic acids is 2. The van der Waals surface area contributed by atoms with Gasteiger partial charge in [0, 0.05) is 49.2 Å². The summed E-state index contributed by atoms with van der Waals surface area (Å²) in [5.41, 5.74) is 1.21. The Kier molecular flexibility index (Phi) is 9.05. The fourth-order valence-corrected chi connectivity index (χ4v) is 6.97. The first kappa shape index (κ1) is 23.8. The number of piperazine rings is 1. The Morgan fingerprint density at radius 2 is 1.84 bits per heavy atom. The second-order valence-electron chi connectivity index (χ2n) is 9.02. The van der Waals surface area contributed by atoms with Crippen LogP contribution in [0.25, 0.3) is 0 Å². The summed E-state index contributed by atoms with van der Waals surface area (Å²) < 4.78 is 0. The molecule has 3 fully saturated rings. The van der Waals surface area contributed by atoms with Crippen molar-refractivity contribution < 1.29 is 9.59 Å². The molecule has 2 atom stereocenters. The molecule has 3 aliphatic rings. The maximum absolute atomic E-state index is 13.4. The van der Waals surface area contributed by atoms with Gasteiger partial charge >= 0.3 is 0 Å². The van der Waals surface area contributed by atoms with Gasteiger partial charge in [-0.05, 0) is 36.6 Å². The van der Waals surface area contributed by atoms with E-state index in [2.05, 4.69) is 39.8 Å². The Balaban J connectivity index is 1.32. The zero-order chi connectivity index (χ0) is 22.2. The average Bonchev–Trinajstić information content (AvgIpc) is 3.40. The van der Waals surface area contributed by atoms with Gasteiger partial charge in [0.05, 0.1) is 6.04 Å². The Labute approximate surface area is 200 Å². The lowest BCUT2D eigenvalue weighted by Gasteiger charge is -2.37. The molecule has 4 rings (SSSR count). The Morgan fingerprint density at radius 3 is 2.53 bits per heavy atom. The van der Waals surface area contributed by atoms with Gasteiger partial charge in [-0.3, -0.25) is 14.9 Å². The number of hydrogen-bond donors (Lipinski definition) is 2. The molecule has 6 nitrogen and oxygen atoms in total. The van der Waals surface area contributed by atoms with Crippen molar-refractivity contribution in [2.45, 2.75) is 44.2 Å². The van der Waals surface area contributed by atoms with Crippen LogP contribution in [0.3, 0.4) is 0 Å². The summed E-state index contributed by atoms with van der Waals surface area (Å²) in [7, 11) is 0. The quantitative estimate of drug-likeness (QED) is 0.602. The lowest BCUT2D eigenvalue weighted by molar-refractivity contribution is -0.136. The molecule has 2 heterocycles. The summed E-state index contributed by atoms with van der Waals surface area (Å²) in [6, 6.07) is 9.75. The first-order chi connectivity index (χ1) is 15.7. The summed E-state index contributed by atoms with van der Waals surface area (Å²) in [4.78, 5) is 30.5. The highest BCUT2D eigenvalue weighted by Gasteiger charge is 2.32. The summed E-state index contributed by atoms with van der Waals surface area (Å²) in [6.45, 7) is 3.05. The van der Waals surface area contributed by atoms with E-state index in [-0.39, 0.29) is 17.9 Å². The monoisotopic (exact) mass is 476 g/mol. The van der Waals surface area contributed by atoms with Crippen LogP contribution >= 0.6 is 23.5 Å². The topological polar surface area (TPSA) is 64.7 Å². The Morgan fingerprint density at radius 1 is 1.09 bits per heavy atom. The number of nitrogens with zero attached hydrogens (tertiary/aromatic N) is 2. The highest BCUT2D eigenvalue weighted by molar-refractivity contribution is 7.99. The number of hydrogen-bond acceptors (Lipinski definition) is 6. The first-order valence-corrected chi connectivity index (χ1v) is 14.3. The van der Waals surface area contributed by atoms with Crippen molar-refractivity contribution in [2.75, 3.05) is 54.2 Å². The van der Waals surface area contributed by atoms with Gasteiger partial charge in [0.25, 0.3) is 0 Å². The first-order valence-electron chi connectivity index (χ1n) is 12.0. The second kappa shape index (κ2) is 12.2. The highest BCUT2D eigenvalue weighted by atomic mass is 32.2. The van der Waals surface area contributed by atoms with Crippen LogP contribution in [0.2, 0.25) is 0 Å². The number of thioether (sulfide) groups is 2. The second-order valence-corrected chi connectivity index (χ2v) is 11.1. The molecular weight excluding hydrogens is 440 g/mol. The molecule has 1 saturated carbocycles. The van der Waals surface area contributed by atoms with Crippen LogP contribution in [0.15, 0.2) is 30.3 Å². The van der Waals surface area contributed by atoms with Crippen molar-refractivity contribution in [2.24, 2.45) is 5.92 Å². The number of nitrogens with one attached hydrogen (secondary N) is 2. The minimum Gasteiger partial charge on any atom is -0.368 e. The minimum absolute atomic E-state index is 0.0328. The molecule has 176 valence electrons. The maximum atomic E-state index is 13.4. The average molecular weight is 477 g/mol. The molecule has 1 aromatic carbocycles. The van der Waals surface area contributed by atoms with Gasteiger partial charge in [0.15, 0.2) is 0 Å². The number of para-hydroxylation sites is 1. The molecule has 0 bridgehead atoms. The fourth-order valence-electron chi connectivity index (χ4n) is 4.76. The van der Waals surface area contributed by atoms with E-state index < -0.39 is 6.04 Å². The van der Waals surface area contributed by atoms with Crippen LogP contribution in [0.1, 0.15) is 32.1 Å². The van der Waals surface area contributed by atoms with Crippen molar-refractivity contribution in [1.82, 2.24) is 15.5 Å². The molecule has 2 amide bonds. The molecular formula is C24H36N4O2S2. The standard InChI is InChI=1S/C24H36N4O2S2/c29-23(21-16-32-18-25-21)26-22(17-31-15-19-7-3-1-4-8-19)24(30)28-13-11-27(12-14-28)20-9-5-2-6-10-20/h2,5-6,9-10,19,21-22,25H,1,3-4,7-8,11-18H2,(H,26,29). The number of carbonyl (C=O) groups is 2. The van der Waals surface area contributed by atoms with E-state index in [0.717, 1.165) is 36.4 Å². The molecule has 0 radical (unpaired) electrons. The van der Waals surface area contributed by atoms with Gasteiger partial charge in [-0.15, -0.1) is 11.8 Å². The molecule has 2 aliphatic heterocycles. The molecule has 1 aromatic rings.